The largest absolute Gasteiger partial charge is 0.245 e. The van der Waals surface area contributed by atoms with E-state index in [4.69, 9.17) is 0 Å². The summed E-state index contributed by atoms with van der Waals surface area (Å²) in [6.45, 7) is 11.2. The van der Waals surface area contributed by atoms with E-state index in [2.05, 4.69) is 39.6 Å². The SMILES string of the molecule is C=[N+](C)CCC(C=CC)=C(C)C. The lowest BCUT2D eigenvalue weighted by atomic mass is 10.1. The predicted octanol–water partition coefficient (Wildman–Crippen LogP) is 2.63. The van der Waals surface area contributed by atoms with Crippen molar-refractivity contribution < 1.29 is 4.58 Å². The molecular formula is C11H20N+. The highest BCUT2D eigenvalue weighted by molar-refractivity contribution is 5.23. The molecule has 0 unspecified atom stereocenters. The molecule has 0 saturated heterocycles. The van der Waals surface area contributed by atoms with E-state index in [9.17, 15) is 0 Å². The average Bonchev–Trinajstić information content (AvgIpc) is 1.96. The Kier molecular flexibility index (Phi) is 5.35. The maximum atomic E-state index is 3.82. The second kappa shape index (κ2) is 5.76. The third-order valence-corrected chi connectivity index (χ3v) is 1.77. The molecule has 0 radical (unpaired) electrons. The minimum Gasteiger partial charge on any atom is -0.245 e. The molecule has 1 nitrogen and oxygen atoms in total. The van der Waals surface area contributed by atoms with Crippen LogP contribution in [-0.4, -0.2) is 24.9 Å². The van der Waals surface area contributed by atoms with Crippen LogP contribution in [0, 0.1) is 0 Å². The molecule has 0 N–H and O–H groups in total. The van der Waals surface area contributed by atoms with Gasteiger partial charge in [-0.2, -0.15) is 0 Å². The summed E-state index contributed by atoms with van der Waals surface area (Å²) in [4.78, 5) is 0. The van der Waals surface area contributed by atoms with Crippen LogP contribution >= 0.6 is 0 Å². The highest BCUT2D eigenvalue weighted by atomic mass is 14.9. The van der Waals surface area contributed by atoms with Gasteiger partial charge < -0.3 is 0 Å². The van der Waals surface area contributed by atoms with Crippen molar-refractivity contribution >= 4 is 6.72 Å². The summed E-state index contributed by atoms with van der Waals surface area (Å²) in [7, 11) is 2.00. The van der Waals surface area contributed by atoms with E-state index < -0.39 is 0 Å². The van der Waals surface area contributed by atoms with Crippen molar-refractivity contribution in [2.75, 3.05) is 13.6 Å². The van der Waals surface area contributed by atoms with Crippen molar-refractivity contribution in [3.05, 3.63) is 23.3 Å². The summed E-state index contributed by atoms with van der Waals surface area (Å²) in [5.74, 6) is 0. The Labute approximate surface area is 76.1 Å². The molecule has 0 atom stereocenters. The van der Waals surface area contributed by atoms with Crippen LogP contribution in [0.3, 0.4) is 0 Å². The van der Waals surface area contributed by atoms with Crippen molar-refractivity contribution in [2.45, 2.75) is 27.2 Å². The molecule has 0 heterocycles. The number of allylic oxidation sites excluding steroid dienone is 3. The molecule has 0 fully saturated rings. The van der Waals surface area contributed by atoms with Gasteiger partial charge in [-0.3, -0.25) is 0 Å². The van der Waals surface area contributed by atoms with Crippen LogP contribution in [0.15, 0.2) is 23.3 Å². The Morgan fingerprint density at radius 1 is 1.42 bits per heavy atom. The second-order valence-corrected chi connectivity index (χ2v) is 3.35. The fraction of sp³-hybridized carbons (Fsp3) is 0.545. The smallest absolute Gasteiger partial charge is 0.146 e. The molecule has 0 amide bonds. The monoisotopic (exact) mass is 166 g/mol. The van der Waals surface area contributed by atoms with Crippen LogP contribution in [0.5, 0.6) is 0 Å². The molecule has 0 spiro atoms. The summed E-state index contributed by atoms with van der Waals surface area (Å²) >= 11 is 0. The summed E-state index contributed by atoms with van der Waals surface area (Å²) in [6.07, 6.45) is 5.36. The van der Waals surface area contributed by atoms with E-state index in [0.717, 1.165) is 13.0 Å². The molecule has 0 aromatic rings. The Hall–Kier alpha value is -0.850. The van der Waals surface area contributed by atoms with Crippen molar-refractivity contribution in [3.8, 4) is 0 Å². The van der Waals surface area contributed by atoms with Gasteiger partial charge >= 0.3 is 0 Å². The zero-order chi connectivity index (χ0) is 9.56. The normalized spacial score (nSPS) is 10.3. The summed E-state index contributed by atoms with van der Waals surface area (Å²) < 4.78 is 1.96. The van der Waals surface area contributed by atoms with Crippen LogP contribution in [0.1, 0.15) is 27.2 Å². The molecule has 0 rings (SSSR count). The van der Waals surface area contributed by atoms with Gasteiger partial charge in [0.1, 0.15) is 20.3 Å². The van der Waals surface area contributed by atoms with Gasteiger partial charge in [-0.1, -0.05) is 17.7 Å². The van der Waals surface area contributed by atoms with Gasteiger partial charge in [0.25, 0.3) is 0 Å². The maximum absolute atomic E-state index is 3.82. The fourth-order valence-electron chi connectivity index (χ4n) is 1.01. The molecule has 0 aromatic heterocycles. The Morgan fingerprint density at radius 3 is 2.33 bits per heavy atom. The first-order chi connectivity index (χ1) is 5.57. The van der Waals surface area contributed by atoms with Gasteiger partial charge in [0.2, 0.25) is 0 Å². The van der Waals surface area contributed by atoms with Crippen molar-refractivity contribution in [3.63, 3.8) is 0 Å². The highest BCUT2D eigenvalue weighted by Crippen LogP contribution is 2.09. The third kappa shape index (κ3) is 4.89. The van der Waals surface area contributed by atoms with Crippen molar-refractivity contribution in [1.82, 2.24) is 0 Å². The third-order valence-electron chi connectivity index (χ3n) is 1.77. The lowest BCUT2D eigenvalue weighted by Crippen LogP contribution is -2.04. The predicted molar refractivity (Wildman–Crippen MR) is 56.0 cm³/mol. The zero-order valence-electron chi connectivity index (χ0n) is 8.72. The van der Waals surface area contributed by atoms with Gasteiger partial charge in [0.05, 0.1) is 0 Å². The molecule has 0 saturated carbocycles. The topological polar surface area (TPSA) is 3.01 Å². The Morgan fingerprint density at radius 2 is 2.00 bits per heavy atom. The first kappa shape index (κ1) is 11.2. The second-order valence-electron chi connectivity index (χ2n) is 3.35. The molecule has 0 aliphatic rings. The molecule has 1 heteroatoms. The quantitative estimate of drug-likeness (QED) is 0.343. The van der Waals surface area contributed by atoms with Gasteiger partial charge in [-0.25, -0.2) is 4.58 Å². The van der Waals surface area contributed by atoms with Gasteiger partial charge in [0.15, 0.2) is 0 Å². The van der Waals surface area contributed by atoms with Crippen LogP contribution in [0.2, 0.25) is 0 Å². The van der Waals surface area contributed by atoms with Gasteiger partial charge in [-0.05, 0) is 26.3 Å². The number of rotatable bonds is 4. The molecule has 12 heavy (non-hydrogen) atoms. The summed E-state index contributed by atoms with van der Waals surface area (Å²) in [5.41, 5.74) is 2.82. The molecule has 0 bridgehead atoms. The van der Waals surface area contributed by atoms with Crippen LogP contribution in [0.4, 0.5) is 0 Å². The van der Waals surface area contributed by atoms with Crippen LogP contribution in [-0.2, 0) is 0 Å². The average molecular weight is 166 g/mol. The molecule has 68 valence electrons. The first-order valence-electron chi connectivity index (χ1n) is 4.38. The molecule has 0 aliphatic carbocycles. The fourth-order valence-corrected chi connectivity index (χ4v) is 1.01. The van der Waals surface area contributed by atoms with Crippen molar-refractivity contribution in [2.24, 2.45) is 0 Å². The zero-order valence-corrected chi connectivity index (χ0v) is 8.72. The lowest BCUT2D eigenvalue weighted by molar-refractivity contribution is -0.487. The Bertz CT molecular complexity index is 205. The Balaban J connectivity index is 4.17. The van der Waals surface area contributed by atoms with E-state index in [1.807, 2.05) is 11.6 Å². The first-order valence-corrected chi connectivity index (χ1v) is 4.38. The number of hydrogen-bond donors (Lipinski definition) is 0. The van der Waals surface area contributed by atoms with E-state index in [1.54, 1.807) is 0 Å². The minimum absolute atomic E-state index is 1.02. The highest BCUT2D eigenvalue weighted by Gasteiger charge is 1.98. The van der Waals surface area contributed by atoms with E-state index in [0.29, 0.717) is 0 Å². The standard InChI is InChI=1S/C11H20N/c1-6-7-11(10(2)3)8-9-12(4)5/h6-7H,4,8-9H2,1-3,5H3/q+1. The van der Waals surface area contributed by atoms with Crippen LogP contribution < -0.4 is 0 Å². The van der Waals surface area contributed by atoms with Gasteiger partial charge in [-0.15, -0.1) is 0 Å². The summed E-state index contributed by atoms with van der Waals surface area (Å²) in [6, 6.07) is 0. The maximum Gasteiger partial charge on any atom is 0.146 e. The van der Waals surface area contributed by atoms with E-state index in [-0.39, 0.29) is 0 Å². The minimum atomic E-state index is 1.02. The van der Waals surface area contributed by atoms with E-state index >= 15 is 0 Å². The number of nitrogens with zero attached hydrogens (tertiary/aromatic N) is 1. The molecular weight excluding hydrogens is 146 g/mol. The molecule has 0 aromatic carbocycles. The lowest BCUT2D eigenvalue weighted by Gasteiger charge is -2.02. The molecule has 0 aliphatic heterocycles. The van der Waals surface area contributed by atoms with Crippen molar-refractivity contribution in [1.29, 1.82) is 0 Å². The summed E-state index contributed by atoms with van der Waals surface area (Å²) in [5, 5.41) is 0. The van der Waals surface area contributed by atoms with E-state index in [1.165, 1.54) is 11.1 Å². The van der Waals surface area contributed by atoms with Crippen LogP contribution in [0.25, 0.3) is 0 Å². The van der Waals surface area contributed by atoms with Gasteiger partial charge in [0, 0.05) is 6.42 Å². The number of hydrogen-bond acceptors (Lipinski definition) is 0.